The van der Waals surface area contributed by atoms with E-state index in [4.69, 9.17) is 5.73 Å². The molecule has 0 atom stereocenters. The Balaban J connectivity index is 2.15. The molecule has 0 radical (unpaired) electrons. The van der Waals surface area contributed by atoms with E-state index in [1.54, 1.807) is 30.0 Å². The zero-order valence-corrected chi connectivity index (χ0v) is 13.6. The first-order valence-electron chi connectivity index (χ1n) is 6.79. The molecule has 1 saturated carbocycles. The van der Waals surface area contributed by atoms with E-state index in [9.17, 15) is 8.42 Å². The SMILES string of the molecule is CSC1(CNS(=O)(=O)c2ccc(C)cc2N)CCCC1. The Labute approximate surface area is 125 Å². The molecule has 0 saturated heterocycles. The zero-order chi connectivity index (χ0) is 14.8. The highest BCUT2D eigenvalue weighted by molar-refractivity contribution is 8.00. The number of rotatable bonds is 5. The van der Waals surface area contributed by atoms with Crippen molar-refractivity contribution in [3.63, 3.8) is 0 Å². The molecule has 1 aromatic carbocycles. The summed E-state index contributed by atoms with van der Waals surface area (Å²) in [6.07, 6.45) is 6.55. The highest BCUT2D eigenvalue weighted by Gasteiger charge is 2.34. The van der Waals surface area contributed by atoms with Crippen LogP contribution < -0.4 is 10.5 Å². The Kier molecular flexibility index (Phi) is 4.66. The molecule has 0 heterocycles. The molecule has 1 aliphatic rings. The Hall–Kier alpha value is -0.720. The number of nitrogens with two attached hydrogens (primary N) is 1. The second-order valence-corrected chi connectivity index (χ2v) is 8.47. The molecule has 4 nitrogen and oxygen atoms in total. The van der Waals surface area contributed by atoms with Crippen LogP contribution in [0.15, 0.2) is 23.1 Å². The highest BCUT2D eigenvalue weighted by atomic mass is 32.2. The van der Waals surface area contributed by atoms with Crippen LogP contribution in [-0.2, 0) is 10.0 Å². The molecule has 0 spiro atoms. The lowest BCUT2D eigenvalue weighted by Crippen LogP contribution is -2.38. The summed E-state index contributed by atoms with van der Waals surface area (Å²) >= 11 is 1.76. The second-order valence-electron chi connectivity index (χ2n) is 5.46. The van der Waals surface area contributed by atoms with Crippen LogP contribution in [0.2, 0.25) is 0 Å². The quantitative estimate of drug-likeness (QED) is 0.819. The van der Waals surface area contributed by atoms with Gasteiger partial charge in [-0.25, -0.2) is 13.1 Å². The number of nitrogens with one attached hydrogen (secondary N) is 1. The van der Waals surface area contributed by atoms with Gasteiger partial charge < -0.3 is 5.73 Å². The third kappa shape index (κ3) is 3.30. The van der Waals surface area contributed by atoms with E-state index in [1.807, 2.05) is 6.92 Å². The predicted octanol–water partition coefficient (Wildman–Crippen LogP) is 2.53. The average Bonchev–Trinajstić information content (AvgIpc) is 2.85. The van der Waals surface area contributed by atoms with Gasteiger partial charge in [-0.05, 0) is 43.7 Å². The van der Waals surface area contributed by atoms with Gasteiger partial charge >= 0.3 is 0 Å². The van der Waals surface area contributed by atoms with Gasteiger partial charge in [0.2, 0.25) is 10.0 Å². The number of thioether (sulfide) groups is 1. The van der Waals surface area contributed by atoms with E-state index in [1.165, 1.54) is 12.8 Å². The Bertz CT molecular complexity index is 579. The Morgan fingerprint density at radius 2 is 2.00 bits per heavy atom. The highest BCUT2D eigenvalue weighted by Crippen LogP contribution is 2.39. The fraction of sp³-hybridized carbons (Fsp3) is 0.571. The molecule has 2 rings (SSSR count). The van der Waals surface area contributed by atoms with E-state index in [0.29, 0.717) is 12.2 Å². The van der Waals surface area contributed by atoms with Gasteiger partial charge in [0.05, 0.1) is 5.69 Å². The lowest BCUT2D eigenvalue weighted by molar-refractivity contribution is 0.551. The fourth-order valence-electron chi connectivity index (χ4n) is 2.69. The summed E-state index contributed by atoms with van der Waals surface area (Å²) in [5.41, 5.74) is 7.10. The first-order valence-corrected chi connectivity index (χ1v) is 9.50. The topological polar surface area (TPSA) is 72.2 Å². The van der Waals surface area contributed by atoms with Crippen molar-refractivity contribution in [3.05, 3.63) is 23.8 Å². The minimum Gasteiger partial charge on any atom is -0.398 e. The van der Waals surface area contributed by atoms with Gasteiger partial charge in [0.15, 0.2) is 0 Å². The number of hydrogen-bond acceptors (Lipinski definition) is 4. The Morgan fingerprint density at radius 1 is 1.35 bits per heavy atom. The summed E-state index contributed by atoms with van der Waals surface area (Å²) in [5.74, 6) is 0. The molecule has 1 fully saturated rings. The Morgan fingerprint density at radius 3 is 2.55 bits per heavy atom. The van der Waals surface area contributed by atoms with E-state index in [2.05, 4.69) is 11.0 Å². The molecule has 0 amide bonds. The van der Waals surface area contributed by atoms with Crippen LogP contribution in [0, 0.1) is 6.92 Å². The summed E-state index contributed by atoms with van der Waals surface area (Å²) in [7, 11) is -3.53. The van der Waals surface area contributed by atoms with Gasteiger partial charge in [-0.15, -0.1) is 0 Å². The minimum absolute atomic E-state index is 0.0481. The number of anilines is 1. The van der Waals surface area contributed by atoms with Crippen molar-refractivity contribution in [1.29, 1.82) is 0 Å². The summed E-state index contributed by atoms with van der Waals surface area (Å²) in [4.78, 5) is 0.178. The smallest absolute Gasteiger partial charge is 0.242 e. The van der Waals surface area contributed by atoms with Gasteiger partial charge in [-0.1, -0.05) is 18.9 Å². The molecule has 6 heteroatoms. The van der Waals surface area contributed by atoms with Crippen molar-refractivity contribution in [1.82, 2.24) is 4.72 Å². The first kappa shape index (κ1) is 15.7. The maximum Gasteiger partial charge on any atom is 0.242 e. The largest absolute Gasteiger partial charge is 0.398 e. The molecule has 0 aromatic heterocycles. The van der Waals surface area contributed by atoms with Crippen LogP contribution in [-0.4, -0.2) is 26.0 Å². The maximum absolute atomic E-state index is 12.4. The zero-order valence-electron chi connectivity index (χ0n) is 12.0. The van der Waals surface area contributed by atoms with Gasteiger partial charge in [0.1, 0.15) is 4.90 Å². The monoisotopic (exact) mass is 314 g/mol. The molecular formula is C14H22N2O2S2. The van der Waals surface area contributed by atoms with Crippen molar-refractivity contribution in [3.8, 4) is 0 Å². The number of aryl methyl sites for hydroxylation is 1. The molecule has 0 bridgehead atoms. The third-order valence-corrected chi connectivity index (χ3v) is 6.88. The number of sulfonamides is 1. The van der Waals surface area contributed by atoms with Crippen LogP contribution in [0.25, 0.3) is 0 Å². The van der Waals surface area contributed by atoms with Gasteiger partial charge in [-0.2, -0.15) is 11.8 Å². The fourth-order valence-corrected chi connectivity index (χ4v) is 4.93. The number of nitrogen functional groups attached to an aromatic ring is 1. The molecular weight excluding hydrogens is 292 g/mol. The second kappa shape index (κ2) is 5.95. The molecule has 0 aliphatic heterocycles. The van der Waals surface area contributed by atoms with E-state index in [-0.39, 0.29) is 9.64 Å². The molecule has 1 aliphatic carbocycles. The normalized spacial score (nSPS) is 18.3. The third-order valence-electron chi connectivity index (χ3n) is 3.99. The first-order chi connectivity index (χ1) is 9.38. The lowest BCUT2D eigenvalue weighted by Gasteiger charge is -2.27. The van der Waals surface area contributed by atoms with Crippen LogP contribution >= 0.6 is 11.8 Å². The number of benzene rings is 1. The van der Waals surface area contributed by atoms with Crippen molar-refractivity contribution in [2.24, 2.45) is 0 Å². The van der Waals surface area contributed by atoms with Crippen LogP contribution in [0.1, 0.15) is 31.2 Å². The summed E-state index contributed by atoms with van der Waals surface area (Å²) < 4.78 is 27.5. The van der Waals surface area contributed by atoms with Crippen LogP contribution in [0.3, 0.4) is 0 Å². The molecule has 112 valence electrons. The number of hydrogen-bond donors (Lipinski definition) is 2. The van der Waals surface area contributed by atoms with Crippen LogP contribution in [0.5, 0.6) is 0 Å². The standard InChI is InChI=1S/C14H22N2O2S2/c1-11-5-6-13(12(15)9-11)20(17,18)16-10-14(19-2)7-3-4-8-14/h5-6,9,16H,3-4,7-8,10,15H2,1-2H3. The summed E-state index contributed by atoms with van der Waals surface area (Å²) in [5, 5.41) is 0. The van der Waals surface area contributed by atoms with Crippen molar-refractivity contribution >= 4 is 27.5 Å². The van der Waals surface area contributed by atoms with Crippen molar-refractivity contribution < 1.29 is 8.42 Å². The molecule has 3 N–H and O–H groups in total. The molecule has 0 unspecified atom stereocenters. The van der Waals surface area contributed by atoms with E-state index >= 15 is 0 Å². The predicted molar refractivity (Wildman–Crippen MR) is 85.5 cm³/mol. The van der Waals surface area contributed by atoms with E-state index in [0.717, 1.165) is 18.4 Å². The van der Waals surface area contributed by atoms with Gasteiger partial charge in [0, 0.05) is 11.3 Å². The average molecular weight is 314 g/mol. The van der Waals surface area contributed by atoms with E-state index < -0.39 is 10.0 Å². The van der Waals surface area contributed by atoms with Gasteiger partial charge in [-0.3, -0.25) is 0 Å². The lowest BCUT2D eigenvalue weighted by atomic mass is 10.1. The summed E-state index contributed by atoms with van der Waals surface area (Å²) in [6.45, 7) is 2.37. The minimum atomic E-state index is -3.53. The summed E-state index contributed by atoms with van der Waals surface area (Å²) in [6, 6.07) is 5.03. The van der Waals surface area contributed by atoms with Gasteiger partial charge in [0.25, 0.3) is 0 Å². The van der Waals surface area contributed by atoms with Crippen molar-refractivity contribution in [2.45, 2.75) is 42.2 Å². The molecule has 20 heavy (non-hydrogen) atoms. The molecule has 1 aromatic rings. The van der Waals surface area contributed by atoms with Crippen LogP contribution in [0.4, 0.5) is 5.69 Å². The van der Waals surface area contributed by atoms with Crippen molar-refractivity contribution in [2.75, 3.05) is 18.5 Å². The maximum atomic E-state index is 12.4.